The first-order valence-electron chi connectivity index (χ1n) is 5.32. The lowest BCUT2D eigenvalue weighted by atomic mass is 10.4. The van der Waals surface area contributed by atoms with Gasteiger partial charge in [-0.05, 0) is 11.6 Å². The van der Waals surface area contributed by atoms with Gasteiger partial charge in [0.15, 0.2) is 0 Å². The average Bonchev–Trinajstić information content (AvgIpc) is 3.09. The van der Waals surface area contributed by atoms with Crippen molar-refractivity contribution >= 4 is 11.6 Å². The average molecular weight is 317 g/mol. The van der Waals surface area contributed by atoms with Gasteiger partial charge in [-0.3, -0.25) is 0 Å². The van der Waals surface area contributed by atoms with E-state index >= 15 is 0 Å². The summed E-state index contributed by atoms with van der Waals surface area (Å²) in [6.07, 6.45) is -0.555. The van der Waals surface area contributed by atoms with Gasteiger partial charge in [-0.2, -0.15) is 43.0 Å². The summed E-state index contributed by atoms with van der Waals surface area (Å²) in [6.45, 7) is 0. The van der Waals surface area contributed by atoms with E-state index in [4.69, 9.17) is 11.6 Å². The number of hydrogen-bond donors (Lipinski definition) is 0. The van der Waals surface area contributed by atoms with E-state index in [9.17, 15) is 13.2 Å². The van der Waals surface area contributed by atoms with Crippen molar-refractivity contribution < 1.29 is 13.2 Å². The smallest absolute Gasteiger partial charge is 0.223 e. The molecule has 12 heteroatoms. The normalized spacial score (nSPS) is 11.8. The Bertz CT molecular complexity index is 766. The molecule has 108 valence electrons. The van der Waals surface area contributed by atoms with Gasteiger partial charge in [0, 0.05) is 6.20 Å². The molecule has 0 spiro atoms. The van der Waals surface area contributed by atoms with Gasteiger partial charge < -0.3 is 0 Å². The fourth-order valence-corrected chi connectivity index (χ4v) is 1.58. The molecule has 0 radical (unpaired) electrons. The molecule has 0 saturated heterocycles. The van der Waals surface area contributed by atoms with Crippen LogP contribution in [0.5, 0.6) is 0 Å². The zero-order valence-electron chi connectivity index (χ0n) is 9.90. The summed E-state index contributed by atoms with van der Waals surface area (Å²) in [5, 5.41) is 7.13. The maximum absolute atomic E-state index is 12.5. The standard InChI is InChI=1S/C9H4ClF3N8/c10-6-17-7(19-8(18-6)21-4-14-3-16-21)20-2-5(1-15-20)9(11,12)13/h1-4H. The molecular formula is C9H4ClF3N8. The molecule has 8 nitrogen and oxygen atoms in total. The van der Waals surface area contributed by atoms with Crippen LogP contribution in [0, 0.1) is 0 Å². The van der Waals surface area contributed by atoms with Crippen LogP contribution in [0.25, 0.3) is 11.9 Å². The van der Waals surface area contributed by atoms with Gasteiger partial charge in [-0.15, -0.1) is 0 Å². The minimum atomic E-state index is -4.51. The van der Waals surface area contributed by atoms with Crippen molar-refractivity contribution in [3.63, 3.8) is 0 Å². The number of hydrogen-bond acceptors (Lipinski definition) is 6. The Morgan fingerprint density at radius 2 is 1.71 bits per heavy atom. The quantitative estimate of drug-likeness (QED) is 0.708. The van der Waals surface area contributed by atoms with Crippen LogP contribution in [0.1, 0.15) is 5.56 Å². The monoisotopic (exact) mass is 316 g/mol. The Kier molecular flexibility index (Phi) is 3.05. The number of halogens is 4. The maximum Gasteiger partial charge on any atom is 0.419 e. The topological polar surface area (TPSA) is 87.2 Å². The first-order valence-corrected chi connectivity index (χ1v) is 5.70. The van der Waals surface area contributed by atoms with E-state index in [1.165, 1.54) is 17.3 Å². The lowest BCUT2D eigenvalue weighted by Crippen LogP contribution is -2.09. The van der Waals surface area contributed by atoms with E-state index < -0.39 is 11.7 Å². The first kappa shape index (κ1) is 13.4. The van der Waals surface area contributed by atoms with Crippen molar-refractivity contribution in [1.82, 2.24) is 39.5 Å². The highest BCUT2D eigenvalue weighted by molar-refractivity contribution is 6.28. The van der Waals surface area contributed by atoms with Gasteiger partial charge in [0.2, 0.25) is 5.28 Å². The molecule has 0 N–H and O–H groups in total. The van der Waals surface area contributed by atoms with Gasteiger partial charge >= 0.3 is 6.18 Å². The predicted octanol–water partition coefficient (Wildman–Crippen LogP) is 1.31. The molecule has 0 aliphatic rings. The maximum atomic E-state index is 12.5. The highest BCUT2D eigenvalue weighted by atomic mass is 35.5. The van der Waals surface area contributed by atoms with E-state index in [-0.39, 0.29) is 17.2 Å². The Morgan fingerprint density at radius 3 is 2.29 bits per heavy atom. The van der Waals surface area contributed by atoms with E-state index in [1.54, 1.807) is 0 Å². The zero-order valence-corrected chi connectivity index (χ0v) is 10.7. The molecule has 0 amide bonds. The molecule has 0 fully saturated rings. The van der Waals surface area contributed by atoms with E-state index in [0.29, 0.717) is 6.20 Å². The lowest BCUT2D eigenvalue weighted by molar-refractivity contribution is -0.137. The molecule has 0 unspecified atom stereocenters. The molecule has 0 bridgehead atoms. The van der Waals surface area contributed by atoms with Crippen LogP contribution < -0.4 is 0 Å². The fraction of sp³-hybridized carbons (Fsp3) is 0.111. The van der Waals surface area contributed by atoms with Crippen molar-refractivity contribution in [3.8, 4) is 11.9 Å². The van der Waals surface area contributed by atoms with Gasteiger partial charge in [0.25, 0.3) is 11.9 Å². The minimum absolute atomic E-state index is 0.00607. The molecule has 0 aromatic carbocycles. The molecule has 0 aliphatic heterocycles. The van der Waals surface area contributed by atoms with Gasteiger partial charge in [0.1, 0.15) is 12.7 Å². The summed E-state index contributed by atoms with van der Waals surface area (Å²) in [7, 11) is 0. The van der Waals surface area contributed by atoms with Crippen LogP contribution in [0.2, 0.25) is 5.28 Å². The van der Waals surface area contributed by atoms with Crippen molar-refractivity contribution in [2.75, 3.05) is 0 Å². The third kappa shape index (κ3) is 2.67. The Morgan fingerprint density at radius 1 is 1.00 bits per heavy atom. The third-order valence-electron chi connectivity index (χ3n) is 2.32. The highest BCUT2D eigenvalue weighted by Crippen LogP contribution is 2.28. The van der Waals surface area contributed by atoms with Gasteiger partial charge in [-0.1, -0.05) is 0 Å². The Labute approximate surface area is 119 Å². The summed E-state index contributed by atoms with van der Waals surface area (Å²) < 4.78 is 39.7. The predicted molar refractivity (Wildman–Crippen MR) is 61.9 cm³/mol. The van der Waals surface area contributed by atoms with Crippen LogP contribution in [0.4, 0.5) is 13.2 Å². The SMILES string of the molecule is FC(F)(F)c1cnn(-c2nc(Cl)nc(-n3cncn3)n2)c1. The largest absolute Gasteiger partial charge is 0.419 e. The van der Waals surface area contributed by atoms with E-state index in [2.05, 4.69) is 30.1 Å². The molecule has 3 aromatic heterocycles. The zero-order chi connectivity index (χ0) is 15.0. The number of rotatable bonds is 2. The molecule has 0 saturated carbocycles. The van der Waals surface area contributed by atoms with Gasteiger partial charge in [-0.25, -0.2) is 9.67 Å². The second-order valence-corrected chi connectivity index (χ2v) is 4.05. The molecule has 0 atom stereocenters. The summed E-state index contributed by atoms with van der Waals surface area (Å²) in [4.78, 5) is 15.2. The molecule has 21 heavy (non-hydrogen) atoms. The number of alkyl halides is 3. The second kappa shape index (κ2) is 4.77. The third-order valence-corrected chi connectivity index (χ3v) is 2.49. The molecule has 3 aromatic rings. The summed E-state index contributed by atoms with van der Waals surface area (Å²) in [5.74, 6) is -0.164. The number of nitrogens with zero attached hydrogens (tertiary/aromatic N) is 8. The fourth-order valence-electron chi connectivity index (χ4n) is 1.42. The second-order valence-electron chi connectivity index (χ2n) is 3.72. The lowest BCUT2D eigenvalue weighted by Gasteiger charge is -2.03. The molecule has 3 heterocycles. The number of aromatic nitrogens is 8. The van der Waals surface area contributed by atoms with Gasteiger partial charge in [0.05, 0.1) is 11.8 Å². The summed E-state index contributed by atoms with van der Waals surface area (Å²) >= 11 is 5.73. The van der Waals surface area contributed by atoms with Crippen molar-refractivity contribution in [2.24, 2.45) is 0 Å². The summed E-state index contributed by atoms with van der Waals surface area (Å²) in [5.41, 5.74) is -0.929. The molecular weight excluding hydrogens is 313 g/mol. The van der Waals surface area contributed by atoms with Crippen molar-refractivity contribution in [3.05, 3.63) is 35.9 Å². The van der Waals surface area contributed by atoms with E-state index in [1.807, 2.05) is 0 Å². The van der Waals surface area contributed by atoms with E-state index in [0.717, 1.165) is 10.9 Å². The minimum Gasteiger partial charge on any atom is -0.223 e. The van der Waals surface area contributed by atoms with Crippen LogP contribution in [0.3, 0.4) is 0 Å². The van der Waals surface area contributed by atoms with Crippen LogP contribution >= 0.6 is 11.6 Å². The first-order chi connectivity index (χ1) is 9.93. The molecule has 0 aliphatic carbocycles. The van der Waals surface area contributed by atoms with Crippen molar-refractivity contribution in [2.45, 2.75) is 6.18 Å². The highest BCUT2D eigenvalue weighted by Gasteiger charge is 2.32. The summed E-state index contributed by atoms with van der Waals surface area (Å²) in [6, 6.07) is 0. The van der Waals surface area contributed by atoms with Crippen LogP contribution in [-0.2, 0) is 6.18 Å². The Hall–Kier alpha value is -2.56. The van der Waals surface area contributed by atoms with Crippen molar-refractivity contribution in [1.29, 1.82) is 0 Å². The Balaban J connectivity index is 2.05. The van der Waals surface area contributed by atoms with Crippen LogP contribution in [0.15, 0.2) is 25.0 Å². The van der Waals surface area contributed by atoms with Crippen LogP contribution in [-0.4, -0.2) is 39.5 Å². The molecule has 3 rings (SSSR count).